The van der Waals surface area contributed by atoms with E-state index in [4.69, 9.17) is 16.0 Å². The van der Waals surface area contributed by atoms with Gasteiger partial charge in [-0.2, -0.15) is 0 Å². The van der Waals surface area contributed by atoms with E-state index in [1.54, 1.807) is 11.8 Å². The Kier molecular flexibility index (Phi) is 6.06. The zero-order chi connectivity index (χ0) is 21.1. The molecule has 0 unspecified atom stereocenters. The number of nitrogens with one attached hydrogen (secondary N) is 1. The van der Waals surface area contributed by atoms with Crippen LogP contribution >= 0.6 is 22.9 Å². The quantitative estimate of drug-likeness (QED) is 0.652. The van der Waals surface area contributed by atoms with Crippen molar-refractivity contribution in [1.82, 2.24) is 15.2 Å². The minimum atomic E-state index is -0.412. The number of carbonyl (C=O) groups excluding carboxylic acids is 2. The van der Waals surface area contributed by atoms with Gasteiger partial charge in [0.05, 0.1) is 11.4 Å². The molecule has 156 valence electrons. The fraction of sp³-hybridized carbons (Fsp3) is 0.286. The number of carbonyl (C=O) groups is 2. The van der Waals surface area contributed by atoms with Crippen molar-refractivity contribution in [2.24, 2.45) is 0 Å². The summed E-state index contributed by atoms with van der Waals surface area (Å²) in [5.41, 5.74) is 1.25. The molecule has 3 heterocycles. The molecular weight excluding hydrogens is 424 g/mol. The molecule has 30 heavy (non-hydrogen) atoms. The highest BCUT2D eigenvalue weighted by Gasteiger charge is 2.23. The minimum absolute atomic E-state index is 0.0728. The Balaban J connectivity index is 1.29. The fourth-order valence-corrected chi connectivity index (χ4v) is 4.18. The highest BCUT2D eigenvalue weighted by atomic mass is 35.5. The van der Waals surface area contributed by atoms with Gasteiger partial charge < -0.3 is 19.5 Å². The summed E-state index contributed by atoms with van der Waals surface area (Å²) in [6.07, 6.45) is 0. The molecule has 0 spiro atoms. The van der Waals surface area contributed by atoms with Crippen molar-refractivity contribution in [1.29, 1.82) is 0 Å². The lowest BCUT2D eigenvalue weighted by molar-refractivity contribution is -0.130. The molecule has 1 fully saturated rings. The molecule has 1 aliphatic heterocycles. The number of aryl methyl sites for hydroxylation is 1. The van der Waals surface area contributed by atoms with Crippen molar-refractivity contribution >= 4 is 40.4 Å². The summed E-state index contributed by atoms with van der Waals surface area (Å²) in [4.78, 5) is 34.1. The van der Waals surface area contributed by atoms with Gasteiger partial charge in [-0.3, -0.25) is 9.59 Å². The van der Waals surface area contributed by atoms with Crippen molar-refractivity contribution in [2.45, 2.75) is 6.92 Å². The number of anilines is 1. The van der Waals surface area contributed by atoms with Gasteiger partial charge in [0.25, 0.3) is 5.91 Å². The third-order valence-corrected chi connectivity index (χ3v) is 6.04. The summed E-state index contributed by atoms with van der Waals surface area (Å²) < 4.78 is 5.59. The molecule has 1 aromatic carbocycles. The second-order valence-corrected chi connectivity index (χ2v) is 8.32. The van der Waals surface area contributed by atoms with E-state index in [-0.39, 0.29) is 18.1 Å². The monoisotopic (exact) mass is 444 g/mol. The van der Waals surface area contributed by atoms with Gasteiger partial charge in [-0.25, -0.2) is 4.98 Å². The van der Waals surface area contributed by atoms with Crippen LogP contribution < -0.4 is 10.2 Å². The average molecular weight is 445 g/mol. The first kappa shape index (κ1) is 20.4. The molecule has 0 saturated carbocycles. The number of benzene rings is 1. The zero-order valence-corrected chi connectivity index (χ0v) is 18.0. The van der Waals surface area contributed by atoms with Crippen LogP contribution in [0.25, 0.3) is 10.8 Å². The van der Waals surface area contributed by atoms with Crippen LogP contribution in [0.2, 0.25) is 5.02 Å². The normalized spacial score (nSPS) is 14.1. The van der Waals surface area contributed by atoms with E-state index in [0.29, 0.717) is 42.9 Å². The highest BCUT2D eigenvalue weighted by molar-refractivity contribution is 7.13. The summed E-state index contributed by atoms with van der Waals surface area (Å²) in [5, 5.41) is 5.28. The number of halogens is 1. The second-order valence-electron chi connectivity index (χ2n) is 6.93. The van der Waals surface area contributed by atoms with Crippen LogP contribution in [0.4, 0.5) is 5.69 Å². The topological polar surface area (TPSA) is 78.7 Å². The summed E-state index contributed by atoms with van der Waals surface area (Å²) in [6, 6.07) is 11.5. The van der Waals surface area contributed by atoms with Crippen LogP contribution in [0.3, 0.4) is 0 Å². The molecule has 2 aromatic heterocycles. The Morgan fingerprint density at radius 2 is 2.00 bits per heavy atom. The van der Waals surface area contributed by atoms with Gasteiger partial charge in [-0.1, -0.05) is 23.7 Å². The average Bonchev–Trinajstić information content (AvgIpc) is 3.42. The maximum absolute atomic E-state index is 12.5. The third-order valence-electron chi connectivity index (χ3n) is 4.95. The number of hydrogen-bond donors (Lipinski definition) is 1. The van der Waals surface area contributed by atoms with Crippen molar-refractivity contribution in [3.05, 3.63) is 58.3 Å². The maximum Gasteiger partial charge on any atom is 0.273 e. The van der Waals surface area contributed by atoms with Crippen LogP contribution in [-0.2, 0) is 4.79 Å². The van der Waals surface area contributed by atoms with E-state index >= 15 is 0 Å². The van der Waals surface area contributed by atoms with Gasteiger partial charge in [0.15, 0.2) is 5.69 Å². The fourth-order valence-electron chi connectivity index (χ4n) is 3.35. The molecule has 4 rings (SSSR count). The number of aromatic nitrogens is 1. The van der Waals surface area contributed by atoms with Gasteiger partial charge >= 0.3 is 0 Å². The molecule has 3 aromatic rings. The molecule has 0 aliphatic carbocycles. The second kappa shape index (κ2) is 8.89. The first-order valence-corrected chi connectivity index (χ1v) is 10.8. The Hall–Kier alpha value is -2.84. The van der Waals surface area contributed by atoms with E-state index in [1.807, 2.05) is 41.8 Å². The van der Waals surface area contributed by atoms with Gasteiger partial charge in [0.2, 0.25) is 11.8 Å². The number of nitrogens with zero attached hydrogens (tertiary/aromatic N) is 3. The molecule has 1 aliphatic rings. The van der Waals surface area contributed by atoms with Crippen LogP contribution in [0, 0.1) is 6.92 Å². The third kappa shape index (κ3) is 4.49. The lowest BCUT2D eigenvalue weighted by Gasteiger charge is -2.36. The number of amides is 2. The predicted molar refractivity (Wildman–Crippen MR) is 117 cm³/mol. The molecule has 2 amide bonds. The Labute approximate surface area is 183 Å². The van der Waals surface area contributed by atoms with Gasteiger partial charge in [0.1, 0.15) is 5.76 Å². The molecular formula is C21H21ClN4O3S. The first-order valence-electron chi connectivity index (χ1n) is 9.59. The summed E-state index contributed by atoms with van der Waals surface area (Å²) in [6.45, 7) is 4.23. The van der Waals surface area contributed by atoms with Crippen LogP contribution in [0.15, 0.2) is 46.2 Å². The van der Waals surface area contributed by atoms with Gasteiger partial charge in [0, 0.05) is 36.9 Å². The summed E-state index contributed by atoms with van der Waals surface area (Å²) in [5.74, 6) is 0.313. The lowest BCUT2D eigenvalue weighted by atomic mass is 10.2. The molecule has 1 N–H and O–H groups in total. The number of piperazine rings is 1. The molecule has 1 saturated heterocycles. The van der Waals surface area contributed by atoms with E-state index < -0.39 is 5.91 Å². The smallest absolute Gasteiger partial charge is 0.273 e. The molecule has 9 heteroatoms. The van der Waals surface area contributed by atoms with Gasteiger partial charge in [-0.05, 0) is 36.6 Å². The van der Waals surface area contributed by atoms with Crippen molar-refractivity contribution < 1.29 is 14.0 Å². The zero-order valence-electron chi connectivity index (χ0n) is 16.4. The summed E-state index contributed by atoms with van der Waals surface area (Å²) in [7, 11) is 0. The molecule has 0 atom stereocenters. The molecule has 7 nitrogen and oxygen atoms in total. The van der Waals surface area contributed by atoms with Gasteiger partial charge in [-0.15, -0.1) is 11.3 Å². The Morgan fingerprint density at radius 1 is 1.20 bits per heavy atom. The van der Waals surface area contributed by atoms with E-state index in [1.165, 1.54) is 11.3 Å². The minimum Gasteiger partial charge on any atom is -0.440 e. The lowest BCUT2D eigenvalue weighted by Crippen LogP contribution is -2.51. The molecule has 0 radical (unpaired) electrons. The van der Waals surface area contributed by atoms with Crippen LogP contribution in [-0.4, -0.2) is 54.4 Å². The Morgan fingerprint density at radius 3 is 2.70 bits per heavy atom. The van der Waals surface area contributed by atoms with Crippen molar-refractivity contribution in [3.8, 4) is 10.8 Å². The van der Waals surface area contributed by atoms with E-state index in [9.17, 15) is 9.59 Å². The van der Waals surface area contributed by atoms with Crippen LogP contribution in [0.5, 0.6) is 0 Å². The number of thiophene rings is 1. The first-order chi connectivity index (χ1) is 14.5. The maximum atomic E-state index is 12.5. The van der Waals surface area contributed by atoms with Crippen molar-refractivity contribution in [3.63, 3.8) is 0 Å². The van der Waals surface area contributed by atoms with E-state index in [0.717, 1.165) is 10.6 Å². The SMILES string of the molecule is Cc1oc(-c2cccs2)nc1C(=O)NCC(=O)N1CCN(c2cccc(Cl)c2)CC1. The summed E-state index contributed by atoms with van der Waals surface area (Å²) >= 11 is 7.55. The number of rotatable bonds is 5. The highest BCUT2D eigenvalue weighted by Crippen LogP contribution is 2.26. The van der Waals surface area contributed by atoms with Crippen LogP contribution in [0.1, 0.15) is 16.2 Å². The largest absolute Gasteiger partial charge is 0.440 e. The van der Waals surface area contributed by atoms with E-state index in [2.05, 4.69) is 15.2 Å². The molecule has 0 bridgehead atoms. The standard InChI is InChI=1S/C21H21ClN4O3S/c1-14-19(24-21(29-14)17-6-3-11-30-17)20(28)23-13-18(27)26-9-7-25(8-10-26)16-5-2-4-15(22)12-16/h2-6,11-12H,7-10,13H2,1H3,(H,23,28). The number of hydrogen-bond acceptors (Lipinski definition) is 6. The predicted octanol–water partition coefficient (Wildman–Crippen LogP) is 3.44. The Bertz CT molecular complexity index is 1040. The number of oxazole rings is 1. The van der Waals surface area contributed by atoms with Crippen molar-refractivity contribution in [2.75, 3.05) is 37.6 Å².